The van der Waals surface area contributed by atoms with E-state index in [1.807, 2.05) is 6.92 Å². The first-order valence-corrected chi connectivity index (χ1v) is 7.26. The number of benzene rings is 1. The smallest absolute Gasteiger partial charge is 0.285 e. The van der Waals surface area contributed by atoms with Crippen LogP contribution in [0.15, 0.2) is 29.2 Å². The Balaban J connectivity index is 1.89. The van der Waals surface area contributed by atoms with Crippen LogP contribution >= 0.6 is 23.2 Å². The van der Waals surface area contributed by atoms with Crippen molar-refractivity contribution in [1.82, 2.24) is 10.2 Å². The first-order valence-electron chi connectivity index (χ1n) is 6.51. The molecule has 0 radical (unpaired) electrons. The molecule has 3 N–H and O–H groups in total. The molecule has 2 aromatic rings. The van der Waals surface area contributed by atoms with Gasteiger partial charge in [0.05, 0.1) is 11.9 Å². The fourth-order valence-corrected chi connectivity index (χ4v) is 2.11. The van der Waals surface area contributed by atoms with Gasteiger partial charge in [-0.15, -0.1) is 0 Å². The molecule has 0 spiro atoms. The molecule has 6 nitrogen and oxygen atoms in total. The summed E-state index contributed by atoms with van der Waals surface area (Å²) < 4.78 is 0. The van der Waals surface area contributed by atoms with Crippen LogP contribution in [-0.2, 0) is 4.79 Å². The summed E-state index contributed by atoms with van der Waals surface area (Å²) in [7, 11) is 0. The number of nitrogens with one attached hydrogen (secondary N) is 3. The van der Waals surface area contributed by atoms with Gasteiger partial charge in [-0.1, -0.05) is 29.3 Å². The summed E-state index contributed by atoms with van der Waals surface area (Å²) in [4.78, 5) is 23.2. The second-order valence-electron chi connectivity index (χ2n) is 4.56. The van der Waals surface area contributed by atoms with Crippen molar-refractivity contribution >= 4 is 40.5 Å². The molecule has 0 aliphatic rings. The van der Waals surface area contributed by atoms with Crippen molar-refractivity contribution in [1.29, 1.82) is 0 Å². The summed E-state index contributed by atoms with van der Waals surface area (Å²) in [5, 5.41) is 12.1. The lowest BCUT2D eigenvalue weighted by molar-refractivity contribution is -0.115. The number of carbonyl (C=O) groups excluding carboxylic acids is 1. The lowest BCUT2D eigenvalue weighted by Crippen LogP contribution is -2.18. The van der Waals surface area contributed by atoms with Crippen LogP contribution in [0.4, 0.5) is 11.4 Å². The molecule has 1 amide bonds. The predicted octanol–water partition coefficient (Wildman–Crippen LogP) is 2.83. The number of hydrogen-bond acceptors (Lipinski definition) is 4. The van der Waals surface area contributed by atoms with Gasteiger partial charge in [-0.05, 0) is 24.6 Å². The minimum atomic E-state index is -0.481. The van der Waals surface area contributed by atoms with E-state index in [0.717, 1.165) is 5.56 Å². The maximum atomic E-state index is 11.9. The number of hydrogen-bond donors (Lipinski definition) is 3. The standard InChI is InChI=1S/C14H14Cl2N4O2/c1-8-9(15)3-2-4-10(8)19-12(21)5-6-17-11-7-18-20-14(22)13(11)16/h2-4,7H,5-6H2,1H3,(H,19,21)(H2,17,20,22). The summed E-state index contributed by atoms with van der Waals surface area (Å²) in [5.74, 6) is -0.174. The van der Waals surface area contributed by atoms with Gasteiger partial charge in [0.25, 0.3) is 5.56 Å². The molecule has 0 fully saturated rings. The third-order valence-electron chi connectivity index (χ3n) is 3.00. The number of carbonyl (C=O) groups is 1. The molecule has 0 atom stereocenters. The number of aromatic nitrogens is 2. The Morgan fingerprint density at radius 1 is 1.32 bits per heavy atom. The van der Waals surface area contributed by atoms with Crippen LogP contribution in [0, 0.1) is 6.92 Å². The number of rotatable bonds is 5. The van der Waals surface area contributed by atoms with Crippen LogP contribution in [-0.4, -0.2) is 22.6 Å². The van der Waals surface area contributed by atoms with Gasteiger partial charge in [-0.25, -0.2) is 5.10 Å². The van der Waals surface area contributed by atoms with Crippen molar-refractivity contribution in [3.05, 3.63) is 50.4 Å². The monoisotopic (exact) mass is 340 g/mol. The summed E-state index contributed by atoms with van der Waals surface area (Å²) >= 11 is 11.8. The van der Waals surface area contributed by atoms with Gasteiger partial charge >= 0.3 is 0 Å². The van der Waals surface area contributed by atoms with Gasteiger partial charge < -0.3 is 10.6 Å². The van der Waals surface area contributed by atoms with Gasteiger partial charge in [0.1, 0.15) is 5.02 Å². The van der Waals surface area contributed by atoms with Gasteiger partial charge in [0, 0.05) is 23.7 Å². The Morgan fingerprint density at radius 2 is 2.09 bits per heavy atom. The van der Waals surface area contributed by atoms with E-state index in [1.54, 1.807) is 18.2 Å². The Bertz CT molecular complexity index is 746. The number of nitrogens with zero attached hydrogens (tertiary/aromatic N) is 1. The van der Waals surface area contributed by atoms with E-state index in [2.05, 4.69) is 20.8 Å². The molecule has 0 aliphatic heterocycles. The highest BCUT2D eigenvalue weighted by Crippen LogP contribution is 2.23. The summed E-state index contributed by atoms with van der Waals surface area (Å²) in [6, 6.07) is 5.31. The van der Waals surface area contributed by atoms with Gasteiger partial charge in [-0.2, -0.15) is 5.10 Å². The topological polar surface area (TPSA) is 86.9 Å². The minimum Gasteiger partial charge on any atom is -0.382 e. The van der Waals surface area contributed by atoms with Crippen molar-refractivity contribution < 1.29 is 4.79 Å². The van der Waals surface area contributed by atoms with Gasteiger partial charge in [-0.3, -0.25) is 9.59 Å². The molecule has 0 saturated carbocycles. The Morgan fingerprint density at radius 3 is 2.86 bits per heavy atom. The summed E-state index contributed by atoms with van der Waals surface area (Å²) in [5.41, 5.74) is 1.39. The molecular formula is C14H14Cl2N4O2. The summed E-state index contributed by atoms with van der Waals surface area (Å²) in [6.07, 6.45) is 1.60. The van der Waals surface area contributed by atoms with Crippen LogP contribution in [0.25, 0.3) is 0 Å². The SMILES string of the molecule is Cc1c(Cl)cccc1NC(=O)CCNc1cn[nH]c(=O)c1Cl. The molecule has 2 rings (SSSR count). The van der Waals surface area contributed by atoms with Crippen molar-refractivity contribution in [2.45, 2.75) is 13.3 Å². The lowest BCUT2D eigenvalue weighted by Gasteiger charge is -2.10. The fraction of sp³-hybridized carbons (Fsp3) is 0.214. The van der Waals surface area contributed by atoms with E-state index in [9.17, 15) is 9.59 Å². The highest BCUT2D eigenvalue weighted by Gasteiger charge is 2.08. The highest BCUT2D eigenvalue weighted by molar-refractivity contribution is 6.33. The lowest BCUT2D eigenvalue weighted by atomic mass is 10.2. The number of amides is 1. The number of halogens is 2. The van der Waals surface area contributed by atoms with Gasteiger partial charge in [0.2, 0.25) is 5.91 Å². The molecule has 8 heteroatoms. The first kappa shape index (κ1) is 16.3. The second kappa shape index (κ2) is 7.29. The Hall–Kier alpha value is -2.05. The quantitative estimate of drug-likeness (QED) is 0.780. The zero-order valence-electron chi connectivity index (χ0n) is 11.7. The van der Waals surface area contributed by atoms with Crippen molar-refractivity contribution in [2.75, 3.05) is 17.2 Å². The third-order valence-corrected chi connectivity index (χ3v) is 3.79. The van der Waals surface area contributed by atoms with Crippen LogP contribution in [0.1, 0.15) is 12.0 Å². The average molecular weight is 341 g/mol. The second-order valence-corrected chi connectivity index (χ2v) is 5.35. The van der Waals surface area contributed by atoms with E-state index >= 15 is 0 Å². The fourth-order valence-electron chi connectivity index (χ4n) is 1.77. The van der Waals surface area contributed by atoms with Crippen LogP contribution in [0.2, 0.25) is 10.0 Å². The van der Waals surface area contributed by atoms with E-state index in [0.29, 0.717) is 22.9 Å². The molecule has 116 valence electrons. The Kier molecular flexibility index (Phi) is 5.41. The average Bonchev–Trinajstić information content (AvgIpc) is 2.48. The maximum Gasteiger partial charge on any atom is 0.285 e. The normalized spacial score (nSPS) is 10.3. The van der Waals surface area contributed by atoms with Crippen molar-refractivity contribution in [2.24, 2.45) is 0 Å². The maximum absolute atomic E-state index is 11.9. The van der Waals surface area contributed by atoms with Crippen LogP contribution in [0.5, 0.6) is 0 Å². The molecule has 1 aromatic carbocycles. The molecule has 1 heterocycles. The van der Waals surface area contributed by atoms with E-state index < -0.39 is 5.56 Å². The molecule has 22 heavy (non-hydrogen) atoms. The summed E-state index contributed by atoms with van der Waals surface area (Å²) in [6.45, 7) is 2.15. The molecule has 0 saturated heterocycles. The molecule has 1 aromatic heterocycles. The minimum absolute atomic E-state index is 0.0149. The highest BCUT2D eigenvalue weighted by atomic mass is 35.5. The molecular weight excluding hydrogens is 327 g/mol. The van der Waals surface area contributed by atoms with E-state index in [4.69, 9.17) is 23.2 Å². The number of aromatic amines is 1. The zero-order valence-corrected chi connectivity index (χ0v) is 13.3. The zero-order chi connectivity index (χ0) is 16.1. The number of anilines is 2. The van der Waals surface area contributed by atoms with E-state index in [1.165, 1.54) is 6.20 Å². The van der Waals surface area contributed by atoms with Crippen LogP contribution < -0.4 is 16.2 Å². The van der Waals surface area contributed by atoms with Crippen LogP contribution in [0.3, 0.4) is 0 Å². The molecule has 0 aliphatic carbocycles. The van der Waals surface area contributed by atoms with Crippen molar-refractivity contribution in [3.63, 3.8) is 0 Å². The molecule has 0 bridgehead atoms. The predicted molar refractivity (Wildman–Crippen MR) is 87.8 cm³/mol. The van der Waals surface area contributed by atoms with E-state index in [-0.39, 0.29) is 17.4 Å². The molecule has 0 unspecified atom stereocenters. The third kappa shape index (κ3) is 3.99. The van der Waals surface area contributed by atoms with Gasteiger partial charge in [0.15, 0.2) is 0 Å². The van der Waals surface area contributed by atoms with Crippen molar-refractivity contribution in [3.8, 4) is 0 Å². The largest absolute Gasteiger partial charge is 0.382 e. The number of H-pyrrole nitrogens is 1. The first-order chi connectivity index (χ1) is 10.5. The Labute approximate surface area is 136 Å².